The highest BCUT2D eigenvalue weighted by Crippen LogP contribution is 2.63. The number of nitrogens with zero attached hydrogens (tertiary/aromatic N) is 1. The number of benzene rings is 2. The van der Waals surface area contributed by atoms with Crippen LogP contribution in [0.1, 0.15) is 17.2 Å². The van der Waals surface area contributed by atoms with Crippen molar-refractivity contribution >= 4 is 11.6 Å². The first kappa shape index (κ1) is 14.1. The fraction of sp³-hybridized carbons (Fsp3) is 0.278. The van der Waals surface area contributed by atoms with Crippen molar-refractivity contribution in [1.82, 2.24) is 0 Å². The minimum Gasteiger partial charge on any atom is -0.493 e. The van der Waals surface area contributed by atoms with Crippen LogP contribution in [0.4, 0.5) is 5.69 Å². The maximum Gasteiger partial charge on any atom is 0.266 e. The number of fused-ring (bicyclic) bond motifs is 2. The quantitative estimate of drug-likeness (QED) is 0.818. The van der Waals surface area contributed by atoms with Gasteiger partial charge < -0.3 is 19.1 Å². The predicted octanol–water partition coefficient (Wildman–Crippen LogP) is 2.65. The Morgan fingerprint density at radius 1 is 1.09 bits per heavy atom. The van der Waals surface area contributed by atoms with Gasteiger partial charge in [-0.1, -0.05) is 24.3 Å². The summed E-state index contributed by atoms with van der Waals surface area (Å²) in [4.78, 5) is 14.4. The number of methoxy groups -OCH3 is 2. The number of amides is 1. The number of epoxide rings is 1. The molecule has 0 radical (unpaired) electrons. The molecule has 23 heavy (non-hydrogen) atoms. The third-order valence-corrected chi connectivity index (χ3v) is 4.61. The molecule has 2 heterocycles. The number of ether oxygens (including phenoxy) is 3. The molecule has 2 atom stereocenters. The van der Waals surface area contributed by atoms with Crippen molar-refractivity contribution in [2.45, 2.75) is 11.7 Å². The molecule has 4 rings (SSSR count). The molecule has 5 heteroatoms. The average molecular weight is 311 g/mol. The molecule has 0 aromatic heterocycles. The number of para-hydroxylation sites is 1. The standard InChI is InChI=1S/C18H17NO4/c1-19-13-7-5-4-6-12(13)18(17(19)20)16(23-18)11-8-9-14(21-2)15(10-11)22-3/h4-10,16H,1-3H3/t16-,18-/m0/s1. The van der Waals surface area contributed by atoms with Crippen LogP contribution in [-0.4, -0.2) is 27.2 Å². The number of hydrogen-bond donors (Lipinski definition) is 0. The second-order valence-electron chi connectivity index (χ2n) is 5.73. The van der Waals surface area contributed by atoms with E-state index in [1.54, 1.807) is 26.2 Å². The lowest BCUT2D eigenvalue weighted by atomic mass is 9.93. The fourth-order valence-corrected chi connectivity index (χ4v) is 3.39. The summed E-state index contributed by atoms with van der Waals surface area (Å²) < 4.78 is 16.6. The van der Waals surface area contributed by atoms with Gasteiger partial charge in [0, 0.05) is 12.6 Å². The van der Waals surface area contributed by atoms with Crippen molar-refractivity contribution < 1.29 is 19.0 Å². The predicted molar refractivity (Wildman–Crippen MR) is 84.9 cm³/mol. The lowest BCUT2D eigenvalue weighted by Crippen LogP contribution is -2.29. The van der Waals surface area contributed by atoms with E-state index in [0.717, 1.165) is 16.8 Å². The van der Waals surface area contributed by atoms with Crippen LogP contribution < -0.4 is 14.4 Å². The lowest BCUT2D eigenvalue weighted by molar-refractivity contribution is -0.122. The summed E-state index contributed by atoms with van der Waals surface area (Å²) in [7, 11) is 4.97. The Kier molecular flexibility index (Phi) is 2.90. The summed E-state index contributed by atoms with van der Waals surface area (Å²) in [6.45, 7) is 0. The smallest absolute Gasteiger partial charge is 0.266 e. The normalized spacial score (nSPS) is 24.7. The van der Waals surface area contributed by atoms with Crippen LogP contribution in [0.3, 0.4) is 0 Å². The zero-order valence-corrected chi connectivity index (χ0v) is 13.2. The van der Waals surface area contributed by atoms with Gasteiger partial charge >= 0.3 is 0 Å². The summed E-state index contributed by atoms with van der Waals surface area (Å²) in [5.74, 6) is 1.25. The van der Waals surface area contributed by atoms with Gasteiger partial charge in [0.2, 0.25) is 5.60 Å². The van der Waals surface area contributed by atoms with Gasteiger partial charge in [-0.15, -0.1) is 0 Å². The van der Waals surface area contributed by atoms with Gasteiger partial charge in [-0.2, -0.15) is 0 Å². The Morgan fingerprint density at radius 3 is 2.57 bits per heavy atom. The van der Waals surface area contributed by atoms with Crippen molar-refractivity contribution in [3.8, 4) is 11.5 Å². The van der Waals surface area contributed by atoms with E-state index in [1.807, 2.05) is 42.5 Å². The number of rotatable bonds is 3. The maximum absolute atomic E-state index is 12.8. The molecule has 0 saturated carbocycles. The van der Waals surface area contributed by atoms with E-state index in [-0.39, 0.29) is 12.0 Å². The largest absolute Gasteiger partial charge is 0.493 e. The van der Waals surface area contributed by atoms with E-state index in [1.165, 1.54) is 0 Å². The van der Waals surface area contributed by atoms with Crippen molar-refractivity contribution in [3.63, 3.8) is 0 Å². The van der Waals surface area contributed by atoms with E-state index in [9.17, 15) is 4.79 Å². The van der Waals surface area contributed by atoms with E-state index < -0.39 is 5.60 Å². The SMILES string of the molecule is COc1ccc([C@@H]2O[C@]23C(=O)N(C)c2ccccc23)cc1OC. The fourth-order valence-electron chi connectivity index (χ4n) is 3.39. The van der Waals surface area contributed by atoms with Gasteiger partial charge in [0.15, 0.2) is 11.5 Å². The topological polar surface area (TPSA) is 51.3 Å². The minimum absolute atomic E-state index is 0.0292. The van der Waals surface area contributed by atoms with E-state index in [0.29, 0.717) is 11.5 Å². The maximum atomic E-state index is 12.8. The Labute approximate surface area is 134 Å². The molecule has 0 N–H and O–H groups in total. The Morgan fingerprint density at radius 2 is 1.83 bits per heavy atom. The summed E-state index contributed by atoms with van der Waals surface area (Å²) in [5.41, 5.74) is 1.83. The number of carbonyl (C=O) groups excluding carboxylic acids is 1. The highest BCUT2D eigenvalue weighted by molar-refractivity contribution is 6.09. The highest BCUT2D eigenvalue weighted by Gasteiger charge is 2.69. The van der Waals surface area contributed by atoms with Crippen LogP contribution in [0.15, 0.2) is 42.5 Å². The zero-order valence-electron chi connectivity index (χ0n) is 13.2. The zero-order chi connectivity index (χ0) is 16.2. The molecule has 5 nitrogen and oxygen atoms in total. The average Bonchev–Trinajstić information content (AvgIpc) is 3.32. The third-order valence-electron chi connectivity index (χ3n) is 4.61. The van der Waals surface area contributed by atoms with Crippen LogP contribution >= 0.6 is 0 Å². The molecule has 2 aliphatic rings. The molecular formula is C18H17NO4. The molecule has 0 aliphatic carbocycles. The molecule has 1 amide bonds. The van der Waals surface area contributed by atoms with E-state index in [2.05, 4.69) is 0 Å². The van der Waals surface area contributed by atoms with E-state index in [4.69, 9.17) is 14.2 Å². The molecule has 1 fully saturated rings. The molecular weight excluding hydrogens is 294 g/mol. The summed E-state index contributed by atoms with van der Waals surface area (Å²) in [6, 6.07) is 13.4. The summed E-state index contributed by atoms with van der Waals surface area (Å²) in [6.07, 6.45) is -0.305. The number of likely N-dealkylation sites (N-methyl/N-ethyl adjacent to an activating group) is 1. The van der Waals surface area contributed by atoms with Crippen LogP contribution in [0, 0.1) is 0 Å². The van der Waals surface area contributed by atoms with Gasteiger partial charge in [0.1, 0.15) is 6.10 Å². The molecule has 1 saturated heterocycles. The van der Waals surface area contributed by atoms with Gasteiger partial charge in [0.05, 0.1) is 19.9 Å². The lowest BCUT2D eigenvalue weighted by Gasteiger charge is -2.10. The van der Waals surface area contributed by atoms with Gasteiger partial charge in [-0.05, 0) is 23.8 Å². The van der Waals surface area contributed by atoms with Crippen LogP contribution in [0.2, 0.25) is 0 Å². The monoisotopic (exact) mass is 311 g/mol. The molecule has 2 aromatic rings. The third kappa shape index (κ3) is 1.74. The second-order valence-corrected chi connectivity index (χ2v) is 5.73. The van der Waals surface area contributed by atoms with Crippen LogP contribution in [0.5, 0.6) is 11.5 Å². The van der Waals surface area contributed by atoms with Crippen LogP contribution in [-0.2, 0) is 15.1 Å². The van der Waals surface area contributed by atoms with Gasteiger partial charge in [0.25, 0.3) is 5.91 Å². The molecule has 2 aromatic carbocycles. The van der Waals surface area contributed by atoms with Crippen molar-refractivity contribution in [1.29, 1.82) is 0 Å². The first-order valence-electron chi connectivity index (χ1n) is 7.41. The first-order chi connectivity index (χ1) is 11.1. The molecule has 0 bridgehead atoms. The van der Waals surface area contributed by atoms with Crippen LogP contribution in [0.25, 0.3) is 0 Å². The Hall–Kier alpha value is -2.53. The highest BCUT2D eigenvalue weighted by atomic mass is 16.6. The second kappa shape index (κ2) is 4.73. The molecule has 118 valence electrons. The van der Waals surface area contributed by atoms with Gasteiger partial charge in [-0.3, -0.25) is 4.79 Å². The first-order valence-corrected chi connectivity index (χ1v) is 7.41. The van der Waals surface area contributed by atoms with Crippen molar-refractivity contribution in [3.05, 3.63) is 53.6 Å². The number of carbonyl (C=O) groups is 1. The Balaban J connectivity index is 1.77. The molecule has 0 unspecified atom stereocenters. The van der Waals surface area contributed by atoms with E-state index >= 15 is 0 Å². The van der Waals surface area contributed by atoms with Crippen molar-refractivity contribution in [2.75, 3.05) is 26.2 Å². The summed E-state index contributed by atoms with van der Waals surface area (Å²) in [5, 5.41) is 0. The van der Waals surface area contributed by atoms with Crippen molar-refractivity contribution in [2.24, 2.45) is 0 Å². The van der Waals surface area contributed by atoms with Gasteiger partial charge in [-0.25, -0.2) is 0 Å². The number of anilines is 1. The minimum atomic E-state index is -0.898. The molecule has 1 spiro atoms. The number of hydrogen-bond acceptors (Lipinski definition) is 4. The summed E-state index contributed by atoms with van der Waals surface area (Å²) >= 11 is 0. The Bertz CT molecular complexity index is 803. The molecule has 2 aliphatic heterocycles.